The molecule has 0 spiro atoms. The number of benzene rings is 1. The summed E-state index contributed by atoms with van der Waals surface area (Å²) in [6.07, 6.45) is 0.399. The minimum Gasteiger partial charge on any atom is -0.480 e. The zero-order valence-corrected chi connectivity index (χ0v) is 17.1. The number of aliphatic imine (C=N–C) groups is 2. The molecule has 0 radical (unpaired) electrons. The van der Waals surface area contributed by atoms with Crippen LogP contribution in [0, 0.1) is 0 Å². The molecule has 0 aliphatic carbocycles. The monoisotopic (exact) mass is 447 g/mol. The summed E-state index contributed by atoms with van der Waals surface area (Å²) in [5.41, 5.74) is 6.57. The third-order valence-electron chi connectivity index (χ3n) is 4.91. The van der Waals surface area contributed by atoms with Crippen LogP contribution in [0.3, 0.4) is 0 Å². The van der Waals surface area contributed by atoms with Crippen LogP contribution in [0.2, 0.25) is 0 Å². The van der Waals surface area contributed by atoms with E-state index >= 15 is 0 Å². The average Bonchev–Trinajstić information content (AvgIpc) is 2.77. The summed E-state index contributed by atoms with van der Waals surface area (Å²) in [6.45, 7) is 0.871. The van der Waals surface area contributed by atoms with E-state index in [9.17, 15) is 19.5 Å². The standard InChI is InChI=1S/C19H25N7O6/c20-19-25-15-14(17(28)26-19)23-12(9-22-15)8-21-11-5-3-10(4-6-11)16(27)24-13(18(29)30)2-1-7-32-31/h3-6,12-14,21,23,31H,1-2,7-9H2,(H,24,27)(H,29,30)(H3,20,22,25,26,28)/t12-,13-,14+/m0/s1. The maximum absolute atomic E-state index is 12.3. The number of carboxylic acids is 1. The minimum atomic E-state index is -1.17. The molecular formula is C19H25N7O6. The molecule has 13 heteroatoms. The molecule has 8 N–H and O–H groups in total. The largest absolute Gasteiger partial charge is 0.480 e. The smallest absolute Gasteiger partial charge is 0.326 e. The molecule has 0 saturated carbocycles. The van der Waals surface area contributed by atoms with Crippen LogP contribution in [0.4, 0.5) is 5.69 Å². The van der Waals surface area contributed by atoms with Crippen LogP contribution in [-0.4, -0.2) is 77.8 Å². The Labute approximate surface area is 183 Å². The third kappa shape index (κ3) is 6.00. The van der Waals surface area contributed by atoms with Crippen LogP contribution < -0.4 is 27.0 Å². The van der Waals surface area contributed by atoms with Crippen molar-refractivity contribution in [2.45, 2.75) is 31.0 Å². The Bertz CT molecular complexity index is 917. The van der Waals surface area contributed by atoms with Crippen molar-refractivity contribution in [3.8, 4) is 0 Å². The van der Waals surface area contributed by atoms with Crippen molar-refractivity contribution in [2.24, 2.45) is 15.7 Å². The SMILES string of the molecule is NC1=NC2=NC[C@H](CNc3ccc(C(=O)N[C@@H](CCCOO)C(=O)O)cc3)N[C@H]2C(=O)N1. The molecule has 1 aromatic rings. The van der Waals surface area contributed by atoms with E-state index in [0.29, 0.717) is 24.5 Å². The van der Waals surface area contributed by atoms with Gasteiger partial charge in [0.05, 0.1) is 13.2 Å². The molecule has 2 aliphatic heterocycles. The number of nitrogens with one attached hydrogen (secondary N) is 4. The first-order valence-electron chi connectivity index (χ1n) is 9.96. The lowest BCUT2D eigenvalue weighted by Crippen LogP contribution is -2.62. The number of nitrogens with zero attached hydrogens (tertiary/aromatic N) is 2. The number of hydrogen-bond acceptors (Lipinski definition) is 10. The van der Waals surface area contributed by atoms with E-state index in [1.807, 2.05) is 0 Å². The summed E-state index contributed by atoms with van der Waals surface area (Å²) in [5, 5.41) is 28.8. The first-order chi connectivity index (χ1) is 15.4. The maximum Gasteiger partial charge on any atom is 0.326 e. The Morgan fingerprint density at radius 3 is 2.75 bits per heavy atom. The first kappa shape index (κ1) is 23.1. The number of carbonyl (C=O) groups excluding carboxylic acids is 2. The topological polar surface area (TPSA) is 200 Å². The Morgan fingerprint density at radius 2 is 2.06 bits per heavy atom. The van der Waals surface area contributed by atoms with Gasteiger partial charge in [-0.1, -0.05) is 0 Å². The fourth-order valence-corrected chi connectivity index (χ4v) is 3.26. The van der Waals surface area contributed by atoms with Gasteiger partial charge in [-0.25, -0.2) is 9.68 Å². The highest BCUT2D eigenvalue weighted by Gasteiger charge is 2.34. The third-order valence-corrected chi connectivity index (χ3v) is 4.91. The molecular weight excluding hydrogens is 422 g/mol. The number of amidine groups is 1. The fourth-order valence-electron chi connectivity index (χ4n) is 3.26. The number of anilines is 1. The summed E-state index contributed by atoms with van der Waals surface area (Å²) in [4.78, 5) is 47.9. The van der Waals surface area contributed by atoms with E-state index in [-0.39, 0.29) is 37.4 Å². The molecule has 0 saturated heterocycles. The molecule has 32 heavy (non-hydrogen) atoms. The van der Waals surface area contributed by atoms with Gasteiger partial charge in [-0.3, -0.25) is 30.5 Å². The van der Waals surface area contributed by atoms with Crippen LogP contribution in [0.15, 0.2) is 34.3 Å². The lowest BCUT2D eigenvalue weighted by atomic mass is 10.1. The van der Waals surface area contributed by atoms with Gasteiger partial charge in [0.25, 0.3) is 11.8 Å². The highest BCUT2D eigenvalue weighted by molar-refractivity contribution is 6.19. The molecule has 0 unspecified atom stereocenters. The van der Waals surface area contributed by atoms with Crippen molar-refractivity contribution in [1.29, 1.82) is 0 Å². The van der Waals surface area contributed by atoms with Crippen LogP contribution in [0.5, 0.6) is 0 Å². The molecule has 0 fully saturated rings. The Balaban J connectivity index is 1.51. The van der Waals surface area contributed by atoms with Gasteiger partial charge in [0.1, 0.15) is 12.1 Å². The first-order valence-corrected chi connectivity index (χ1v) is 9.96. The Hall–Kier alpha value is -3.55. The number of rotatable bonds is 10. The van der Waals surface area contributed by atoms with Gasteiger partial charge in [0, 0.05) is 23.8 Å². The van der Waals surface area contributed by atoms with Gasteiger partial charge >= 0.3 is 5.97 Å². The Kier molecular flexibility index (Phi) is 7.70. The summed E-state index contributed by atoms with van der Waals surface area (Å²) in [7, 11) is 0. The zero-order chi connectivity index (χ0) is 23.1. The quantitative estimate of drug-likeness (QED) is 0.130. The second kappa shape index (κ2) is 10.7. The van der Waals surface area contributed by atoms with Gasteiger partial charge in [-0.15, -0.1) is 0 Å². The number of amides is 2. The molecule has 2 heterocycles. The molecule has 3 atom stereocenters. The van der Waals surface area contributed by atoms with E-state index in [1.165, 1.54) is 0 Å². The highest BCUT2D eigenvalue weighted by Crippen LogP contribution is 2.12. The van der Waals surface area contributed by atoms with Gasteiger partial charge in [0.15, 0.2) is 5.84 Å². The second-order valence-electron chi connectivity index (χ2n) is 7.28. The normalized spacial score (nSPS) is 20.8. The summed E-state index contributed by atoms with van der Waals surface area (Å²) >= 11 is 0. The molecule has 172 valence electrons. The molecule has 3 rings (SSSR count). The number of hydrogen-bond donors (Lipinski definition) is 7. The lowest BCUT2D eigenvalue weighted by molar-refractivity contribution is -0.242. The van der Waals surface area contributed by atoms with Crippen molar-refractivity contribution in [3.05, 3.63) is 29.8 Å². The van der Waals surface area contributed by atoms with E-state index < -0.39 is 24.0 Å². The summed E-state index contributed by atoms with van der Waals surface area (Å²) < 4.78 is 0. The molecule has 2 aliphatic rings. The van der Waals surface area contributed by atoms with E-state index in [4.69, 9.17) is 11.0 Å². The predicted octanol–water partition coefficient (Wildman–Crippen LogP) is -1.27. The maximum atomic E-state index is 12.3. The number of guanidine groups is 1. The van der Waals surface area contributed by atoms with Gasteiger partial charge < -0.3 is 21.5 Å². The van der Waals surface area contributed by atoms with Crippen LogP contribution >= 0.6 is 0 Å². The van der Waals surface area contributed by atoms with Gasteiger partial charge in [-0.05, 0) is 37.1 Å². The molecule has 0 bridgehead atoms. The van der Waals surface area contributed by atoms with E-state index in [2.05, 4.69) is 36.1 Å². The van der Waals surface area contributed by atoms with Crippen LogP contribution in [0.1, 0.15) is 23.2 Å². The van der Waals surface area contributed by atoms with Crippen molar-refractivity contribution in [3.63, 3.8) is 0 Å². The van der Waals surface area contributed by atoms with Crippen LogP contribution in [0.25, 0.3) is 0 Å². The van der Waals surface area contributed by atoms with Crippen LogP contribution in [-0.2, 0) is 14.5 Å². The van der Waals surface area contributed by atoms with Crippen molar-refractivity contribution in [2.75, 3.05) is 25.0 Å². The highest BCUT2D eigenvalue weighted by atomic mass is 17.1. The molecule has 13 nitrogen and oxygen atoms in total. The number of carboxylic acid groups (broad SMARTS) is 1. The summed E-state index contributed by atoms with van der Waals surface area (Å²) in [6, 6.07) is 4.68. The van der Waals surface area contributed by atoms with Gasteiger partial charge in [-0.2, -0.15) is 4.99 Å². The Morgan fingerprint density at radius 1 is 1.31 bits per heavy atom. The molecule has 2 amide bonds. The molecule has 0 aromatic heterocycles. The van der Waals surface area contributed by atoms with Crippen molar-refractivity contribution < 1.29 is 29.6 Å². The summed E-state index contributed by atoms with van der Waals surface area (Å²) in [5.74, 6) is -1.60. The van der Waals surface area contributed by atoms with E-state index in [1.54, 1.807) is 24.3 Å². The second-order valence-corrected chi connectivity index (χ2v) is 7.28. The lowest BCUT2D eigenvalue weighted by Gasteiger charge is -2.30. The number of carbonyl (C=O) groups is 3. The minimum absolute atomic E-state index is 0.0187. The van der Waals surface area contributed by atoms with Crippen molar-refractivity contribution >= 4 is 35.3 Å². The van der Waals surface area contributed by atoms with E-state index in [0.717, 1.165) is 5.69 Å². The number of fused-ring (bicyclic) bond motifs is 1. The van der Waals surface area contributed by atoms with Gasteiger partial charge in [0.2, 0.25) is 5.96 Å². The fraction of sp³-hybridized carbons (Fsp3) is 0.421. The molecule has 1 aromatic carbocycles. The number of nitrogens with two attached hydrogens (primary N) is 1. The van der Waals surface area contributed by atoms with Crippen molar-refractivity contribution in [1.82, 2.24) is 16.0 Å². The predicted molar refractivity (Wildman–Crippen MR) is 114 cm³/mol. The zero-order valence-electron chi connectivity index (χ0n) is 17.1. The average molecular weight is 447 g/mol. The number of aliphatic carboxylic acids is 1.